The van der Waals surface area contributed by atoms with E-state index in [9.17, 15) is 9.59 Å². The predicted molar refractivity (Wildman–Crippen MR) is 75.0 cm³/mol. The molecule has 112 valence electrons. The summed E-state index contributed by atoms with van der Waals surface area (Å²) in [4.78, 5) is 30.4. The summed E-state index contributed by atoms with van der Waals surface area (Å²) in [6.45, 7) is 1.13. The Hall–Kier alpha value is -2.48. The number of nitrogens with zero attached hydrogens (tertiary/aromatic N) is 3. The fourth-order valence-corrected chi connectivity index (χ4v) is 1.73. The lowest BCUT2D eigenvalue weighted by molar-refractivity contribution is 0.0945. The van der Waals surface area contributed by atoms with Gasteiger partial charge in [0.2, 0.25) is 0 Å². The van der Waals surface area contributed by atoms with Gasteiger partial charge >= 0.3 is 0 Å². The lowest BCUT2D eigenvalue weighted by atomic mass is 10.3. The van der Waals surface area contributed by atoms with Crippen LogP contribution in [0.1, 0.15) is 16.2 Å². The summed E-state index contributed by atoms with van der Waals surface area (Å²) in [6, 6.07) is 2.74. The molecule has 0 fully saturated rings. The van der Waals surface area contributed by atoms with Crippen LogP contribution in [-0.4, -0.2) is 45.9 Å². The Balaban J connectivity index is 1.93. The zero-order chi connectivity index (χ0) is 15.1. The highest BCUT2D eigenvalue weighted by atomic mass is 16.5. The van der Waals surface area contributed by atoms with Crippen LogP contribution in [0.4, 0.5) is 0 Å². The molecule has 8 nitrogen and oxygen atoms in total. The molecule has 0 saturated heterocycles. The van der Waals surface area contributed by atoms with E-state index >= 15 is 0 Å². The van der Waals surface area contributed by atoms with Gasteiger partial charge in [-0.2, -0.15) is 5.10 Å². The third-order valence-corrected chi connectivity index (χ3v) is 2.84. The van der Waals surface area contributed by atoms with Crippen molar-refractivity contribution in [2.75, 3.05) is 20.3 Å². The number of hydrogen-bond acceptors (Lipinski definition) is 5. The Morgan fingerprint density at radius 1 is 1.48 bits per heavy atom. The molecule has 2 heterocycles. The van der Waals surface area contributed by atoms with Gasteiger partial charge in [0.25, 0.3) is 11.5 Å². The van der Waals surface area contributed by atoms with Crippen molar-refractivity contribution >= 4 is 5.91 Å². The van der Waals surface area contributed by atoms with Gasteiger partial charge in [0.15, 0.2) is 0 Å². The molecule has 0 aliphatic heterocycles. The maximum absolute atomic E-state index is 12.0. The van der Waals surface area contributed by atoms with Crippen molar-refractivity contribution in [3.8, 4) is 0 Å². The first-order chi connectivity index (χ1) is 10.2. The fraction of sp³-hybridized carbons (Fsp3) is 0.385. The van der Waals surface area contributed by atoms with Crippen LogP contribution in [0.2, 0.25) is 0 Å². The predicted octanol–water partition coefficient (Wildman–Crippen LogP) is -0.415. The van der Waals surface area contributed by atoms with Gasteiger partial charge in [0.05, 0.1) is 19.5 Å². The molecule has 0 aliphatic carbocycles. The molecule has 0 radical (unpaired) electrons. The van der Waals surface area contributed by atoms with Crippen LogP contribution in [0, 0.1) is 0 Å². The number of carbonyl (C=O) groups excluding carboxylic acids is 1. The topological polar surface area (TPSA) is 102 Å². The van der Waals surface area contributed by atoms with Crippen molar-refractivity contribution in [1.82, 2.24) is 25.1 Å². The van der Waals surface area contributed by atoms with Gasteiger partial charge in [0, 0.05) is 38.0 Å². The number of amides is 1. The normalized spacial score (nSPS) is 10.5. The van der Waals surface area contributed by atoms with Crippen molar-refractivity contribution in [2.24, 2.45) is 0 Å². The highest BCUT2D eigenvalue weighted by Gasteiger charge is 2.09. The number of methoxy groups -OCH3 is 1. The molecule has 2 aromatic rings. The SMILES string of the molecule is COCCn1nc(C(=O)NCCc2cnc[nH]2)ccc1=O. The van der Waals surface area contributed by atoms with Crippen LogP contribution < -0.4 is 10.9 Å². The van der Waals surface area contributed by atoms with E-state index in [0.717, 1.165) is 5.69 Å². The Bertz CT molecular complexity index is 636. The summed E-state index contributed by atoms with van der Waals surface area (Å²) in [5, 5.41) is 6.76. The monoisotopic (exact) mass is 291 g/mol. The minimum atomic E-state index is -0.319. The zero-order valence-electron chi connectivity index (χ0n) is 11.7. The summed E-state index contributed by atoms with van der Waals surface area (Å²) < 4.78 is 6.11. The summed E-state index contributed by atoms with van der Waals surface area (Å²) in [7, 11) is 1.54. The van der Waals surface area contributed by atoms with Gasteiger partial charge < -0.3 is 15.0 Å². The third kappa shape index (κ3) is 4.25. The highest BCUT2D eigenvalue weighted by molar-refractivity contribution is 5.91. The second-order valence-electron chi connectivity index (χ2n) is 4.36. The average molecular weight is 291 g/mol. The molecule has 8 heteroatoms. The Morgan fingerprint density at radius 3 is 3.05 bits per heavy atom. The minimum Gasteiger partial charge on any atom is -0.383 e. The average Bonchev–Trinajstić information content (AvgIpc) is 2.99. The van der Waals surface area contributed by atoms with Crippen LogP contribution in [0.3, 0.4) is 0 Å². The number of nitrogens with one attached hydrogen (secondary N) is 2. The van der Waals surface area contributed by atoms with Crippen molar-refractivity contribution in [3.05, 3.63) is 46.4 Å². The van der Waals surface area contributed by atoms with Gasteiger partial charge in [-0.05, 0) is 6.07 Å². The first-order valence-corrected chi connectivity index (χ1v) is 6.53. The number of aromatic amines is 1. The Kier molecular flexibility index (Phi) is 5.22. The Labute approximate surface area is 121 Å². The van der Waals surface area contributed by atoms with Crippen LogP contribution in [0.5, 0.6) is 0 Å². The molecule has 0 atom stereocenters. The molecular formula is C13H17N5O3. The van der Waals surface area contributed by atoms with E-state index in [-0.39, 0.29) is 17.2 Å². The number of ether oxygens (including phenoxy) is 1. The van der Waals surface area contributed by atoms with E-state index in [4.69, 9.17) is 4.74 Å². The van der Waals surface area contributed by atoms with Crippen LogP contribution in [-0.2, 0) is 17.7 Å². The second-order valence-corrected chi connectivity index (χ2v) is 4.36. The van der Waals surface area contributed by atoms with Crippen molar-refractivity contribution < 1.29 is 9.53 Å². The van der Waals surface area contributed by atoms with E-state index in [1.165, 1.54) is 23.9 Å². The van der Waals surface area contributed by atoms with E-state index in [2.05, 4.69) is 20.4 Å². The standard InChI is InChI=1S/C13H17N5O3/c1-21-7-6-18-12(19)3-2-11(17-18)13(20)15-5-4-10-8-14-9-16-10/h2-3,8-9H,4-7H2,1H3,(H,14,16)(H,15,20). The number of hydrogen-bond donors (Lipinski definition) is 2. The molecular weight excluding hydrogens is 274 g/mol. The molecule has 1 amide bonds. The maximum Gasteiger partial charge on any atom is 0.271 e. The summed E-state index contributed by atoms with van der Waals surface area (Å²) in [5.74, 6) is -0.319. The lowest BCUT2D eigenvalue weighted by Crippen LogP contribution is -2.31. The summed E-state index contributed by atoms with van der Waals surface area (Å²) in [6.07, 6.45) is 3.94. The second kappa shape index (κ2) is 7.34. The smallest absolute Gasteiger partial charge is 0.271 e. The van der Waals surface area contributed by atoms with Gasteiger partial charge in [-0.3, -0.25) is 9.59 Å². The first kappa shape index (κ1) is 14.9. The van der Waals surface area contributed by atoms with Crippen molar-refractivity contribution in [3.63, 3.8) is 0 Å². The molecule has 0 saturated carbocycles. The quantitative estimate of drug-likeness (QED) is 0.721. The highest BCUT2D eigenvalue weighted by Crippen LogP contribution is 1.94. The van der Waals surface area contributed by atoms with Crippen LogP contribution in [0.15, 0.2) is 29.5 Å². The largest absolute Gasteiger partial charge is 0.383 e. The summed E-state index contributed by atoms with van der Waals surface area (Å²) >= 11 is 0. The molecule has 0 aliphatic rings. The van der Waals surface area contributed by atoms with Crippen molar-refractivity contribution in [1.29, 1.82) is 0 Å². The summed E-state index contributed by atoms with van der Waals surface area (Å²) in [5.41, 5.74) is 0.879. The third-order valence-electron chi connectivity index (χ3n) is 2.84. The molecule has 2 aromatic heterocycles. The van der Waals surface area contributed by atoms with Gasteiger partial charge in [-0.25, -0.2) is 9.67 Å². The van der Waals surface area contributed by atoms with Crippen LogP contribution in [0.25, 0.3) is 0 Å². The molecule has 0 aromatic carbocycles. The first-order valence-electron chi connectivity index (χ1n) is 6.53. The van der Waals surface area contributed by atoms with E-state index in [0.29, 0.717) is 26.1 Å². The number of carbonyl (C=O) groups is 1. The molecule has 0 unspecified atom stereocenters. The van der Waals surface area contributed by atoms with E-state index < -0.39 is 0 Å². The maximum atomic E-state index is 12.0. The number of H-pyrrole nitrogens is 1. The van der Waals surface area contributed by atoms with Gasteiger partial charge in [-0.15, -0.1) is 0 Å². The molecule has 0 bridgehead atoms. The number of rotatable bonds is 7. The number of aromatic nitrogens is 4. The Morgan fingerprint density at radius 2 is 2.33 bits per heavy atom. The number of imidazole rings is 1. The lowest BCUT2D eigenvalue weighted by Gasteiger charge is -2.07. The molecule has 21 heavy (non-hydrogen) atoms. The zero-order valence-corrected chi connectivity index (χ0v) is 11.7. The van der Waals surface area contributed by atoms with Gasteiger partial charge in [-0.1, -0.05) is 0 Å². The fourth-order valence-electron chi connectivity index (χ4n) is 1.73. The van der Waals surface area contributed by atoms with E-state index in [1.54, 1.807) is 12.5 Å². The van der Waals surface area contributed by atoms with E-state index in [1.807, 2.05) is 0 Å². The molecule has 2 N–H and O–H groups in total. The molecule has 2 rings (SSSR count). The minimum absolute atomic E-state index is 0.204. The van der Waals surface area contributed by atoms with Gasteiger partial charge in [0.1, 0.15) is 5.69 Å². The van der Waals surface area contributed by atoms with Crippen molar-refractivity contribution in [2.45, 2.75) is 13.0 Å². The molecule has 0 spiro atoms. The van der Waals surface area contributed by atoms with Crippen LogP contribution >= 0.6 is 0 Å².